The molecule has 6 nitrogen and oxygen atoms in total. The number of ether oxygens (including phenoxy) is 1. The molecule has 1 saturated heterocycles. The van der Waals surface area contributed by atoms with Gasteiger partial charge < -0.3 is 9.84 Å². The lowest BCUT2D eigenvalue weighted by molar-refractivity contribution is -0.192. The number of H-pyrrole nitrogens is 1. The van der Waals surface area contributed by atoms with Gasteiger partial charge in [-0.05, 0) is 37.1 Å². The molecule has 0 radical (unpaired) electrons. The first-order valence-corrected chi connectivity index (χ1v) is 8.44. The fraction of sp³-hybridized carbons (Fsp3) is 0.444. The second kappa shape index (κ2) is 9.52. The third-order valence-corrected chi connectivity index (χ3v) is 4.25. The summed E-state index contributed by atoms with van der Waals surface area (Å²) < 4.78 is 37.2. The van der Waals surface area contributed by atoms with Crippen molar-refractivity contribution < 1.29 is 27.8 Å². The zero-order chi connectivity index (χ0) is 19.9. The summed E-state index contributed by atoms with van der Waals surface area (Å²) in [5, 5.41) is 14.1. The van der Waals surface area contributed by atoms with Crippen molar-refractivity contribution in [2.45, 2.75) is 31.6 Å². The van der Waals surface area contributed by atoms with E-state index in [2.05, 4.69) is 46.4 Å². The Hall–Kier alpha value is -2.39. The van der Waals surface area contributed by atoms with E-state index in [0.29, 0.717) is 6.04 Å². The molecule has 0 aliphatic carbocycles. The Labute approximate surface area is 154 Å². The van der Waals surface area contributed by atoms with Crippen molar-refractivity contribution in [1.29, 1.82) is 0 Å². The molecule has 1 aromatic carbocycles. The maximum absolute atomic E-state index is 10.6. The van der Waals surface area contributed by atoms with Gasteiger partial charge in [-0.1, -0.05) is 24.3 Å². The number of benzene rings is 1. The van der Waals surface area contributed by atoms with Gasteiger partial charge in [0.2, 0.25) is 0 Å². The lowest BCUT2D eigenvalue weighted by atomic mass is 10.1. The van der Waals surface area contributed by atoms with Gasteiger partial charge in [-0.15, -0.1) is 0 Å². The molecule has 1 aliphatic heterocycles. The van der Waals surface area contributed by atoms with Gasteiger partial charge in [0, 0.05) is 32.0 Å². The Kier molecular flexibility index (Phi) is 7.37. The van der Waals surface area contributed by atoms with Crippen LogP contribution in [0, 0.1) is 0 Å². The van der Waals surface area contributed by atoms with Crippen LogP contribution in [0.3, 0.4) is 0 Å². The molecule has 1 fully saturated rings. The van der Waals surface area contributed by atoms with Crippen LogP contribution in [-0.2, 0) is 16.1 Å². The third kappa shape index (κ3) is 6.69. The van der Waals surface area contributed by atoms with Gasteiger partial charge in [0.05, 0.1) is 5.69 Å². The number of hydrogen-bond donors (Lipinski definition) is 2. The number of carbonyl (C=O) groups is 1. The summed E-state index contributed by atoms with van der Waals surface area (Å²) in [7, 11) is 2.21. The summed E-state index contributed by atoms with van der Waals surface area (Å²) in [6.45, 7) is 2.79. The minimum absolute atomic E-state index is 0.649. The number of aromatic amines is 1. The molecular formula is C18H22F3N3O3. The van der Waals surface area contributed by atoms with Crippen LogP contribution in [0.2, 0.25) is 0 Å². The first kappa shape index (κ1) is 20.9. The molecule has 2 aromatic rings. The fourth-order valence-corrected chi connectivity index (χ4v) is 2.75. The van der Waals surface area contributed by atoms with Crippen molar-refractivity contribution in [2.24, 2.45) is 0 Å². The van der Waals surface area contributed by atoms with Crippen molar-refractivity contribution in [3.63, 3.8) is 0 Å². The smallest absolute Gasteiger partial charge is 0.475 e. The molecule has 2 N–H and O–H groups in total. The number of halogens is 3. The second-order valence-corrected chi connectivity index (χ2v) is 6.23. The fourth-order valence-electron chi connectivity index (χ4n) is 2.75. The van der Waals surface area contributed by atoms with Crippen LogP contribution < -0.4 is 0 Å². The van der Waals surface area contributed by atoms with Crippen molar-refractivity contribution in [3.8, 4) is 11.3 Å². The molecule has 27 heavy (non-hydrogen) atoms. The number of aromatic nitrogens is 2. The highest BCUT2D eigenvalue weighted by Crippen LogP contribution is 2.19. The van der Waals surface area contributed by atoms with Gasteiger partial charge in [0.25, 0.3) is 0 Å². The van der Waals surface area contributed by atoms with Crippen LogP contribution in [0.5, 0.6) is 0 Å². The molecule has 0 unspecified atom stereocenters. The standard InChI is InChI=1S/C16H21N3O.C2HF3O2/c1-19(15-7-10-20-11-8-15)12-13-2-4-14(5-3-13)16-6-9-17-18-16;3-2(4,5)1(6)7/h2-6,9,15H,7-8,10-12H2,1H3,(H,17,18);(H,6,7). The molecule has 3 rings (SSSR count). The molecule has 148 valence electrons. The first-order valence-electron chi connectivity index (χ1n) is 8.44. The number of nitrogens with one attached hydrogen (secondary N) is 1. The number of hydrogen-bond acceptors (Lipinski definition) is 4. The zero-order valence-electron chi connectivity index (χ0n) is 14.9. The van der Waals surface area contributed by atoms with Gasteiger partial charge in [-0.3, -0.25) is 10.00 Å². The van der Waals surface area contributed by atoms with Gasteiger partial charge in [0.15, 0.2) is 0 Å². The zero-order valence-corrected chi connectivity index (χ0v) is 14.9. The van der Waals surface area contributed by atoms with E-state index in [1.165, 1.54) is 11.1 Å². The highest BCUT2D eigenvalue weighted by atomic mass is 19.4. The number of carboxylic acids is 1. The number of aliphatic carboxylic acids is 1. The van der Waals surface area contributed by atoms with Crippen molar-refractivity contribution >= 4 is 5.97 Å². The summed E-state index contributed by atoms with van der Waals surface area (Å²) in [5.74, 6) is -2.76. The van der Waals surface area contributed by atoms with Crippen LogP contribution in [-0.4, -0.2) is 58.7 Å². The average Bonchev–Trinajstić information content (AvgIpc) is 3.17. The highest BCUT2D eigenvalue weighted by Gasteiger charge is 2.38. The Morgan fingerprint density at radius 1 is 1.26 bits per heavy atom. The molecule has 0 atom stereocenters. The van der Waals surface area contributed by atoms with Gasteiger partial charge in [-0.2, -0.15) is 18.3 Å². The van der Waals surface area contributed by atoms with E-state index in [-0.39, 0.29) is 0 Å². The second-order valence-electron chi connectivity index (χ2n) is 6.23. The number of nitrogens with zero attached hydrogens (tertiary/aromatic N) is 2. The van der Waals surface area contributed by atoms with E-state index in [0.717, 1.165) is 38.3 Å². The Morgan fingerprint density at radius 3 is 2.33 bits per heavy atom. The quantitative estimate of drug-likeness (QED) is 0.844. The van der Waals surface area contributed by atoms with Crippen LogP contribution >= 0.6 is 0 Å². The Morgan fingerprint density at radius 2 is 1.85 bits per heavy atom. The summed E-state index contributed by atoms with van der Waals surface area (Å²) >= 11 is 0. The lowest BCUT2D eigenvalue weighted by Gasteiger charge is -2.31. The van der Waals surface area contributed by atoms with E-state index in [1.807, 2.05) is 6.07 Å². The number of alkyl halides is 3. The third-order valence-electron chi connectivity index (χ3n) is 4.25. The maximum Gasteiger partial charge on any atom is 0.490 e. The Bertz CT molecular complexity index is 697. The molecule has 0 spiro atoms. The van der Waals surface area contributed by atoms with Crippen LogP contribution in [0.15, 0.2) is 36.5 Å². The van der Waals surface area contributed by atoms with E-state index in [1.54, 1.807) is 6.20 Å². The average molecular weight is 385 g/mol. The first-order chi connectivity index (χ1) is 12.8. The normalized spacial score (nSPS) is 15.3. The molecule has 0 saturated carbocycles. The predicted molar refractivity (Wildman–Crippen MR) is 93.0 cm³/mol. The largest absolute Gasteiger partial charge is 0.490 e. The minimum Gasteiger partial charge on any atom is -0.475 e. The molecule has 9 heteroatoms. The van der Waals surface area contributed by atoms with Crippen molar-refractivity contribution in [2.75, 3.05) is 20.3 Å². The summed E-state index contributed by atoms with van der Waals surface area (Å²) in [6.07, 6.45) is -1.02. The van der Waals surface area contributed by atoms with E-state index in [4.69, 9.17) is 14.6 Å². The predicted octanol–water partition coefficient (Wildman–Crippen LogP) is 3.32. The van der Waals surface area contributed by atoms with Gasteiger partial charge in [0.1, 0.15) is 0 Å². The summed E-state index contributed by atoms with van der Waals surface area (Å²) in [4.78, 5) is 11.3. The van der Waals surface area contributed by atoms with Crippen molar-refractivity contribution in [3.05, 3.63) is 42.1 Å². The number of rotatable bonds is 4. The molecule has 1 aromatic heterocycles. The lowest BCUT2D eigenvalue weighted by Crippen LogP contribution is -2.36. The highest BCUT2D eigenvalue weighted by molar-refractivity contribution is 5.73. The van der Waals surface area contributed by atoms with Crippen molar-refractivity contribution in [1.82, 2.24) is 15.1 Å². The minimum atomic E-state index is -5.08. The molecule has 1 aliphatic rings. The SMILES string of the molecule is CN(Cc1ccc(-c2ccn[nH]2)cc1)C1CCOCC1.O=C(O)C(F)(F)F. The molecule has 2 heterocycles. The molecular weight excluding hydrogens is 363 g/mol. The van der Waals surface area contributed by atoms with Gasteiger partial charge in [-0.25, -0.2) is 4.79 Å². The molecule has 0 amide bonds. The number of carboxylic acid groups (broad SMARTS) is 1. The van der Waals surface area contributed by atoms with E-state index >= 15 is 0 Å². The monoisotopic (exact) mass is 385 g/mol. The van der Waals surface area contributed by atoms with Crippen LogP contribution in [0.25, 0.3) is 11.3 Å². The van der Waals surface area contributed by atoms with E-state index < -0.39 is 12.1 Å². The summed E-state index contributed by atoms with van der Waals surface area (Å²) in [5.41, 5.74) is 3.59. The topological polar surface area (TPSA) is 78.5 Å². The van der Waals surface area contributed by atoms with Crippen LogP contribution in [0.1, 0.15) is 18.4 Å². The maximum atomic E-state index is 10.6. The van der Waals surface area contributed by atoms with Crippen LogP contribution in [0.4, 0.5) is 13.2 Å². The Balaban J connectivity index is 0.000000321. The summed E-state index contributed by atoms with van der Waals surface area (Å²) in [6, 6.07) is 11.3. The molecule has 0 bridgehead atoms. The van der Waals surface area contributed by atoms with E-state index in [9.17, 15) is 13.2 Å². The van der Waals surface area contributed by atoms with Gasteiger partial charge >= 0.3 is 12.1 Å².